The van der Waals surface area contributed by atoms with Crippen molar-refractivity contribution in [1.29, 1.82) is 0 Å². The van der Waals surface area contributed by atoms with E-state index in [0.29, 0.717) is 68.1 Å². The predicted octanol–water partition coefficient (Wildman–Crippen LogP) is 12.1. The van der Waals surface area contributed by atoms with E-state index in [0.717, 1.165) is 46.2 Å². The maximum absolute atomic E-state index is 11.5. The third-order valence-electron chi connectivity index (χ3n) is 12.0. The molecular formula is C62H64ClN9O19. The Morgan fingerprint density at radius 1 is 0.593 bits per heavy atom. The van der Waals surface area contributed by atoms with Crippen LogP contribution in [0.5, 0.6) is 46.0 Å². The van der Waals surface area contributed by atoms with Gasteiger partial charge in [0.2, 0.25) is 0 Å². The summed E-state index contributed by atoms with van der Waals surface area (Å²) in [7, 11) is 9.11. The summed E-state index contributed by atoms with van der Waals surface area (Å²) in [5, 5.41) is 50.8. The van der Waals surface area contributed by atoms with Gasteiger partial charge >= 0.3 is 5.69 Å². The molecule has 0 unspecified atom stereocenters. The quantitative estimate of drug-likeness (QED) is 0.0128. The summed E-state index contributed by atoms with van der Waals surface area (Å²) in [5.74, 6) is 2.11. The number of methoxy groups -OCH3 is 6. The Balaban J connectivity index is 0.000000202. The number of nitrogen functional groups attached to an aromatic ring is 1. The monoisotopic (exact) mass is 1270 g/mol. The lowest BCUT2D eigenvalue weighted by molar-refractivity contribution is -0.385. The standard InChI is InChI=1S/C20H18N4O3.C8H5NO3.C8H7NO2.C7H7NO4.C7H5NO2.C7H9NO2.C4H10O3.CH3Cl/c1-13(2)24-16(7-9-23-24)19-14(4-3-8-21-19)11-26-17-5-6-18-20(15(17)10-25)22-12-27-18;10-3-5-6(11)1-2-7-8(5)9-4-12-7;1-10-6-2-3-8-7(4-6)9-5-11-8;1-12-5-2-3-7(9)6(4-5)8(10)11;9-5-1-2-7-6(3-5)8-4-10-7;1-10-5-2-3-7(9)6(8)4-5;1-5-4(6-2)7-3;1-2/h3-10,12-13H,11H2,1-2H3;1-4,11H;2-5H,1H3;2-4,9H,1H3;1-4,9H;2-4,9H,8H2,1H3;4H,1-3H3;1H3. The number of rotatable bonds is 14. The van der Waals surface area contributed by atoms with Crippen molar-refractivity contribution < 1.29 is 85.8 Å². The normalized spacial score (nSPS) is 10.2. The summed E-state index contributed by atoms with van der Waals surface area (Å²) >= 11 is 4.64. The summed E-state index contributed by atoms with van der Waals surface area (Å²) in [6, 6.07) is 31.2. The van der Waals surface area contributed by atoms with Crippen LogP contribution < -0.4 is 24.7 Å². The fraction of sp³-hybridized carbons (Fsp3) is 0.194. The van der Waals surface area contributed by atoms with E-state index < -0.39 is 11.4 Å². The largest absolute Gasteiger partial charge is 0.508 e. The number of ether oxygens (including phenoxy) is 7. The first-order valence-electron chi connectivity index (χ1n) is 26.4. The number of aromatic hydroxyl groups is 4. The summed E-state index contributed by atoms with van der Waals surface area (Å²) in [6.07, 6.45) is 11.6. The van der Waals surface area contributed by atoms with Crippen molar-refractivity contribution in [3.63, 3.8) is 0 Å². The van der Waals surface area contributed by atoms with Gasteiger partial charge in [-0.2, -0.15) is 5.10 Å². The van der Waals surface area contributed by atoms with E-state index in [9.17, 15) is 24.8 Å². The Kier molecular flexibility index (Phi) is 27.9. The van der Waals surface area contributed by atoms with Crippen molar-refractivity contribution in [3.05, 3.63) is 180 Å². The summed E-state index contributed by atoms with van der Waals surface area (Å²) in [5.41, 5.74) is 13.4. The van der Waals surface area contributed by atoms with Gasteiger partial charge in [0.1, 0.15) is 68.9 Å². The molecule has 0 radical (unpaired) electrons. The van der Waals surface area contributed by atoms with Gasteiger partial charge in [-0.3, -0.25) is 29.4 Å². The topological polar surface area (TPSA) is 384 Å². The zero-order valence-electron chi connectivity index (χ0n) is 50.4. The molecule has 12 rings (SSSR count). The number of benzene rings is 6. The molecule has 29 heteroatoms. The van der Waals surface area contributed by atoms with Gasteiger partial charge in [0, 0.05) is 69.9 Å². The highest BCUT2D eigenvalue weighted by Gasteiger charge is 2.17. The third-order valence-corrected chi connectivity index (χ3v) is 12.0. The molecule has 12 aromatic rings. The molecule has 6 heterocycles. The maximum atomic E-state index is 11.5. The zero-order valence-corrected chi connectivity index (χ0v) is 51.2. The Labute approximate surface area is 523 Å². The van der Waals surface area contributed by atoms with Gasteiger partial charge in [-0.25, -0.2) is 19.9 Å². The number of oxazole rings is 4. The van der Waals surface area contributed by atoms with Crippen molar-refractivity contribution in [2.24, 2.45) is 0 Å². The minimum atomic E-state index is -0.669. The Morgan fingerprint density at radius 3 is 1.66 bits per heavy atom. The molecule has 0 saturated carbocycles. The SMILES string of the molecule is CC(C)n1nccc1-c1ncccc1COc1ccc2ocnc2c1C=O.CCl.COC(OC)OC.COc1ccc(O)c(N)c1.COc1ccc(O)c([N+](=O)[O-])c1.COc1ccc2ocnc2c1.O=Cc1c(O)ccc2ocnc12.Oc1ccc2ocnc2c1. The van der Waals surface area contributed by atoms with Crippen molar-refractivity contribution in [3.8, 4) is 57.4 Å². The first kappa shape index (κ1) is 70.4. The minimum Gasteiger partial charge on any atom is -0.508 e. The fourth-order valence-corrected chi connectivity index (χ4v) is 7.62. The molecular weight excluding hydrogens is 1210 g/mol. The predicted molar refractivity (Wildman–Crippen MR) is 334 cm³/mol. The van der Waals surface area contributed by atoms with Crippen LogP contribution >= 0.6 is 11.6 Å². The number of carbonyl (C=O) groups excluding carboxylic acids is 2. The van der Waals surface area contributed by atoms with Gasteiger partial charge in [-0.15, -0.1) is 11.6 Å². The molecule has 0 aliphatic rings. The lowest BCUT2D eigenvalue weighted by atomic mass is 10.1. The van der Waals surface area contributed by atoms with Gasteiger partial charge in [0.15, 0.2) is 66.2 Å². The lowest BCUT2D eigenvalue weighted by Gasteiger charge is -2.14. The molecule has 6 N–H and O–H groups in total. The number of alkyl halides is 1. The molecule has 0 bridgehead atoms. The molecule has 0 fully saturated rings. The van der Waals surface area contributed by atoms with E-state index in [4.69, 9.17) is 57.7 Å². The number of hydrogen-bond acceptors (Lipinski definition) is 26. The number of pyridine rings is 1. The second-order valence-electron chi connectivity index (χ2n) is 17.9. The smallest absolute Gasteiger partial charge is 0.314 e. The van der Waals surface area contributed by atoms with Crippen molar-refractivity contribution in [2.75, 3.05) is 54.8 Å². The highest BCUT2D eigenvalue weighted by Crippen LogP contribution is 2.31. The Hall–Kier alpha value is -11.3. The second kappa shape index (κ2) is 36.1. The highest BCUT2D eigenvalue weighted by molar-refractivity contribution is 6.15. The Morgan fingerprint density at radius 2 is 1.10 bits per heavy atom. The number of anilines is 1. The molecule has 91 heavy (non-hydrogen) atoms. The Bertz CT molecular complexity index is 4190. The van der Waals surface area contributed by atoms with Crippen LogP contribution in [0.25, 0.3) is 55.8 Å². The van der Waals surface area contributed by atoms with Crippen LogP contribution in [0, 0.1) is 10.1 Å². The molecule has 6 aromatic heterocycles. The maximum Gasteiger partial charge on any atom is 0.314 e. The second-order valence-corrected chi connectivity index (χ2v) is 17.9. The van der Waals surface area contributed by atoms with Crippen molar-refractivity contribution in [2.45, 2.75) is 33.0 Å². The van der Waals surface area contributed by atoms with Crippen LogP contribution in [-0.2, 0) is 20.8 Å². The average Bonchev–Trinajstić information content (AvgIpc) is 2.79. The number of aldehydes is 2. The summed E-state index contributed by atoms with van der Waals surface area (Å²) in [6.45, 7) is 3.88. The van der Waals surface area contributed by atoms with Crippen LogP contribution in [0.15, 0.2) is 171 Å². The van der Waals surface area contributed by atoms with E-state index in [-0.39, 0.29) is 46.9 Å². The first-order valence-corrected chi connectivity index (χ1v) is 27.2. The minimum absolute atomic E-state index is 0.0774. The van der Waals surface area contributed by atoms with Gasteiger partial charge in [0.25, 0.3) is 6.48 Å². The van der Waals surface area contributed by atoms with E-state index in [2.05, 4.69) is 69.7 Å². The van der Waals surface area contributed by atoms with Crippen molar-refractivity contribution >= 4 is 79.9 Å². The van der Waals surface area contributed by atoms with Crippen LogP contribution in [0.3, 0.4) is 0 Å². The molecule has 0 saturated heterocycles. The van der Waals surface area contributed by atoms with E-state index in [1.807, 2.05) is 41.1 Å². The summed E-state index contributed by atoms with van der Waals surface area (Å²) in [4.78, 5) is 51.9. The van der Waals surface area contributed by atoms with Crippen molar-refractivity contribution in [1.82, 2.24) is 34.7 Å². The first-order chi connectivity index (χ1) is 44.0. The molecule has 0 atom stereocenters. The number of halogens is 1. The lowest BCUT2D eigenvalue weighted by Crippen LogP contribution is -2.14. The number of nitrogens with zero attached hydrogens (tertiary/aromatic N) is 8. The number of aromatic nitrogens is 7. The van der Waals surface area contributed by atoms with Crippen LogP contribution in [-0.4, -0.2) is 128 Å². The molecule has 0 aliphatic carbocycles. The van der Waals surface area contributed by atoms with E-state index in [1.54, 1.807) is 75.1 Å². The van der Waals surface area contributed by atoms with Gasteiger partial charge in [-0.05, 0) is 98.8 Å². The number of hydrogen-bond donors (Lipinski definition) is 5. The van der Waals surface area contributed by atoms with E-state index >= 15 is 0 Å². The number of fused-ring (bicyclic) bond motifs is 4. The van der Waals surface area contributed by atoms with Crippen LogP contribution in [0.1, 0.15) is 46.2 Å². The number of phenols is 4. The van der Waals surface area contributed by atoms with Gasteiger partial charge < -0.3 is 77.0 Å². The molecule has 28 nitrogen and oxygen atoms in total. The molecule has 0 aliphatic heterocycles. The van der Waals surface area contributed by atoms with Crippen LogP contribution in [0.2, 0.25) is 0 Å². The third kappa shape index (κ3) is 19.8. The molecule has 0 amide bonds. The van der Waals surface area contributed by atoms with Gasteiger partial charge in [0.05, 0.1) is 60.5 Å². The number of nitrogens with two attached hydrogens (primary N) is 1. The number of nitro benzene ring substituents is 1. The number of phenolic OH excluding ortho intramolecular Hbond substituents is 4. The molecule has 6 aromatic carbocycles. The average molecular weight is 1270 g/mol. The molecule has 0 spiro atoms. The highest BCUT2D eigenvalue weighted by atomic mass is 35.5. The number of carbonyl (C=O) groups is 2. The number of nitro groups is 1. The molecule has 478 valence electrons. The van der Waals surface area contributed by atoms with Gasteiger partial charge in [-0.1, -0.05) is 6.07 Å². The van der Waals surface area contributed by atoms with Crippen LogP contribution in [0.4, 0.5) is 11.4 Å². The summed E-state index contributed by atoms with van der Waals surface area (Å²) < 4.78 is 56.5. The van der Waals surface area contributed by atoms with E-state index in [1.165, 1.54) is 84.7 Å². The fourth-order valence-electron chi connectivity index (χ4n) is 7.62. The zero-order chi connectivity index (χ0) is 66.4.